The maximum atomic E-state index is 8.48. The van der Waals surface area contributed by atoms with E-state index in [0.29, 0.717) is 12.5 Å². The van der Waals surface area contributed by atoms with E-state index >= 15 is 0 Å². The highest BCUT2D eigenvalue weighted by Crippen LogP contribution is 2.18. The third-order valence-electron chi connectivity index (χ3n) is 3.19. The molecule has 2 rings (SSSR count). The van der Waals surface area contributed by atoms with E-state index in [2.05, 4.69) is 33.4 Å². The molecule has 0 radical (unpaired) electrons. The Morgan fingerprint density at radius 3 is 2.71 bits per heavy atom. The highest BCUT2D eigenvalue weighted by Gasteiger charge is 2.18. The van der Waals surface area contributed by atoms with Crippen LogP contribution in [0.4, 0.5) is 5.69 Å². The molecule has 0 aliphatic carbocycles. The third kappa shape index (κ3) is 3.43. The molecule has 4 heteroatoms. The molecule has 1 aromatic rings. The van der Waals surface area contributed by atoms with Gasteiger partial charge in [-0.05, 0) is 25.0 Å². The summed E-state index contributed by atoms with van der Waals surface area (Å²) in [7, 11) is 0. The van der Waals surface area contributed by atoms with Gasteiger partial charge in [0.05, 0.1) is 6.07 Å². The maximum Gasteiger partial charge on any atom is 0.0635 e. The molecule has 1 fully saturated rings. The number of nitriles is 1. The Bertz CT molecular complexity index is 363. The number of anilines is 1. The highest BCUT2D eigenvalue weighted by molar-refractivity contribution is 5.44. The van der Waals surface area contributed by atoms with Gasteiger partial charge < -0.3 is 10.2 Å². The third-order valence-corrected chi connectivity index (χ3v) is 3.19. The average Bonchev–Trinajstić information content (AvgIpc) is 2.41. The molecular weight excluding hydrogens is 212 g/mol. The van der Waals surface area contributed by atoms with Gasteiger partial charge in [0.25, 0.3) is 0 Å². The molecule has 2 heterocycles. The van der Waals surface area contributed by atoms with Crippen molar-refractivity contribution in [3.8, 4) is 6.07 Å². The Kier molecular flexibility index (Phi) is 4.34. The van der Waals surface area contributed by atoms with E-state index in [1.165, 1.54) is 5.69 Å². The summed E-state index contributed by atoms with van der Waals surface area (Å²) in [6.45, 7) is 2.97. The minimum Gasteiger partial charge on any atom is -0.371 e. The smallest absolute Gasteiger partial charge is 0.0635 e. The Labute approximate surface area is 102 Å². The van der Waals surface area contributed by atoms with Crippen LogP contribution in [0.1, 0.15) is 19.3 Å². The largest absolute Gasteiger partial charge is 0.371 e. The van der Waals surface area contributed by atoms with E-state index in [1.54, 1.807) is 0 Å². The van der Waals surface area contributed by atoms with Crippen molar-refractivity contribution in [1.29, 1.82) is 5.26 Å². The Morgan fingerprint density at radius 2 is 2.06 bits per heavy atom. The van der Waals surface area contributed by atoms with Gasteiger partial charge in [-0.1, -0.05) is 0 Å². The van der Waals surface area contributed by atoms with Crippen molar-refractivity contribution in [1.82, 2.24) is 10.3 Å². The second-order valence-corrected chi connectivity index (χ2v) is 4.33. The summed E-state index contributed by atoms with van der Waals surface area (Å²) in [4.78, 5) is 6.43. The molecule has 0 unspecified atom stereocenters. The molecule has 90 valence electrons. The van der Waals surface area contributed by atoms with Gasteiger partial charge in [-0.25, -0.2) is 0 Å². The van der Waals surface area contributed by atoms with Crippen LogP contribution in [0, 0.1) is 11.3 Å². The molecule has 0 atom stereocenters. The molecular formula is C13H18N4. The predicted octanol–water partition coefficient (Wildman–Crippen LogP) is 1.55. The molecule has 0 spiro atoms. The zero-order valence-corrected chi connectivity index (χ0v) is 9.97. The van der Waals surface area contributed by atoms with Crippen molar-refractivity contribution in [2.45, 2.75) is 25.3 Å². The predicted molar refractivity (Wildman–Crippen MR) is 67.7 cm³/mol. The van der Waals surface area contributed by atoms with Crippen molar-refractivity contribution in [2.24, 2.45) is 0 Å². The van der Waals surface area contributed by atoms with Gasteiger partial charge in [-0.3, -0.25) is 4.98 Å². The van der Waals surface area contributed by atoms with E-state index in [1.807, 2.05) is 12.4 Å². The van der Waals surface area contributed by atoms with Crippen molar-refractivity contribution >= 4 is 5.69 Å². The zero-order chi connectivity index (χ0) is 11.9. The van der Waals surface area contributed by atoms with Crippen LogP contribution in [0.2, 0.25) is 0 Å². The lowest BCUT2D eigenvalue weighted by Gasteiger charge is -2.33. The van der Waals surface area contributed by atoms with E-state index in [-0.39, 0.29) is 0 Å². The molecule has 1 aliphatic heterocycles. The second-order valence-electron chi connectivity index (χ2n) is 4.33. The summed E-state index contributed by atoms with van der Waals surface area (Å²) in [5.74, 6) is 0. The van der Waals surface area contributed by atoms with Crippen LogP contribution in [-0.4, -0.2) is 30.7 Å². The van der Waals surface area contributed by atoms with Crippen LogP contribution < -0.4 is 10.2 Å². The van der Waals surface area contributed by atoms with Gasteiger partial charge in [0.2, 0.25) is 0 Å². The maximum absolute atomic E-state index is 8.48. The number of nitrogens with zero attached hydrogens (tertiary/aromatic N) is 3. The van der Waals surface area contributed by atoms with Gasteiger partial charge in [-0.2, -0.15) is 5.26 Å². The minimum absolute atomic E-state index is 0.571. The van der Waals surface area contributed by atoms with Crippen molar-refractivity contribution in [3.05, 3.63) is 24.5 Å². The number of hydrogen-bond donors (Lipinski definition) is 1. The molecule has 17 heavy (non-hydrogen) atoms. The van der Waals surface area contributed by atoms with Crippen LogP contribution in [0.15, 0.2) is 24.5 Å². The van der Waals surface area contributed by atoms with E-state index in [0.717, 1.165) is 32.5 Å². The Hall–Kier alpha value is -1.60. The average molecular weight is 230 g/mol. The number of rotatable bonds is 4. The number of hydrogen-bond acceptors (Lipinski definition) is 4. The standard InChI is InChI=1S/C13H18N4/c14-6-1-7-16-12-4-10-17(11-5-12)13-2-8-15-9-3-13/h2-3,8-9,12,16H,1,4-5,7,10-11H2. The zero-order valence-electron chi connectivity index (χ0n) is 9.97. The van der Waals surface area contributed by atoms with Gasteiger partial charge in [0, 0.05) is 50.2 Å². The van der Waals surface area contributed by atoms with E-state index in [4.69, 9.17) is 5.26 Å². The molecule has 0 bridgehead atoms. The minimum atomic E-state index is 0.571. The van der Waals surface area contributed by atoms with Gasteiger partial charge in [0.1, 0.15) is 0 Å². The van der Waals surface area contributed by atoms with Crippen molar-refractivity contribution < 1.29 is 0 Å². The molecule has 1 aromatic heterocycles. The second kappa shape index (κ2) is 6.21. The van der Waals surface area contributed by atoms with Crippen molar-refractivity contribution in [3.63, 3.8) is 0 Å². The van der Waals surface area contributed by atoms with Gasteiger partial charge >= 0.3 is 0 Å². The van der Waals surface area contributed by atoms with Gasteiger partial charge in [-0.15, -0.1) is 0 Å². The quantitative estimate of drug-likeness (QED) is 0.797. The lowest BCUT2D eigenvalue weighted by molar-refractivity contribution is 0.419. The first-order valence-corrected chi connectivity index (χ1v) is 6.15. The van der Waals surface area contributed by atoms with Crippen LogP contribution >= 0.6 is 0 Å². The first-order chi connectivity index (χ1) is 8.40. The fourth-order valence-electron chi connectivity index (χ4n) is 2.23. The SMILES string of the molecule is N#CCCNC1CCN(c2ccncc2)CC1. The number of aromatic nitrogens is 1. The van der Waals surface area contributed by atoms with Crippen LogP contribution in [-0.2, 0) is 0 Å². The Morgan fingerprint density at radius 1 is 1.35 bits per heavy atom. The summed E-state index contributed by atoms with van der Waals surface area (Å²) < 4.78 is 0. The monoisotopic (exact) mass is 230 g/mol. The highest BCUT2D eigenvalue weighted by atomic mass is 15.1. The lowest BCUT2D eigenvalue weighted by atomic mass is 10.0. The Balaban J connectivity index is 1.77. The molecule has 0 saturated carbocycles. The van der Waals surface area contributed by atoms with Crippen molar-refractivity contribution in [2.75, 3.05) is 24.5 Å². The molecule has 1 aliphatic rings. The normalized spacial score (nSPS) is 16.8. The summed E-state index contributed by atoms with van der Waals surface area (Å²) in [6.07, 6.45) is 6.57. The molecule has 1 saturated heterocycles. The number of nitrogens with one attached hydrogen (secondary N) is 1. The summed E-state index contributed by atoms with van der Waals surface area (Å²) in [5.41, 5.74) is 1.26. The fourth-order valence-corrected chi connectivity index (χ4v) is 2.23. The summed E-state index contributed by atoms with van der Waals surface area (Å²) >= 11 is 0. The molecule has 0 amide bonds. The fraction of sp³-hybridized carbons (Fsp3) is 0.538. The number of piperidine rings is 1. The van der Waals surface area contributed by atoms with E-state index < -0.39 is 0 Å². The first-order valence-electron chi connectivity index (χ1n) is 6.15. The molecule has 0 aromatic carbocycles. The number of pyridine rings is 1. The summed E-state index contributed by atoms with van der Waals surface area (Å²) in [5, 5.41) is 11.9. The van der Waals surface area contributed by atoms with Crippen LogP contribution in [0.25, 0.3) is 0 Å². The first kappa shape index (κ1) is 11.9. The van der Waals surface area contributed by atoms with Crippen LogP contribution in [0.5, 0.6) is 0 Å². The molecule has 1 N–H and O–H groups in total. The lowest BCUT2D eigenvalue weighted by Crippen LogP contribution is -2.42. The topological polar surface area (TPSA) is 52.0 Å². The van der Waals surface area contributed by atoms with E-state index in [9.17, 15) is 0 Å². The van der Waals surface area contributed by atoms with Gasteiger partial charge in [0.15, 0.2) is 0 Å². The summed E-state index contributed by atoms with van der Waals surface area (Å²) in [6, 6.07) is 6.85. The van der Waals surface area contributed by atoms with Crippen LogP contribution in [0.3, 0.4) is 0 Å². The molecule has 4 nitrogen and oxygen atoms in total.